The Balaban J connectivity index is 1.67. The van der Waals surface area contributed by atoms with Gasteiger partial charge in [0.2, 0.25) is 0 Å². The number of para-hydroxylation sites is 1. The van der Waals surface area contributed by atoms with Gasteiger partial charge in [-0.1, -0.05) is 35.6 Å². The minimum absolute atomic E-state index is 0.354. The van der Waals surface area contributed by atoms with Gasteiger partial charge in [0.05, 0.1) is 51.1 Å². The van der Waals surface area contributed by atoms with Crippen LogP contribution in [0, 0.1) is 0 Å². The van der Waals surface area contributed by atoms with Crippen LogP contribution < -0.4 is 4.80 Å². The van der Waals surface area contributed by atoms with Gasteiger partial charge in [-0.3, -0.25) is 4.79 Å². The molecule has 7 nitrogen and oxygen atoms in total. The Kier molecular flexibility index (Phi) is 6.54. The van der Waals surface area contributed by atoms with Crippen LogP contribution in [0.4, 0.5) is 0 Å². The van der Waals surface area contributed by atoms with Crippen molar-refractivity contribution in [1.82, 2.24) is 9.55 Å². The molecule has 0 aliphatic rings. The number of carbonyl (C=O) groups is 2. The smallest absolute Gasteiger partial charge is 0.337 e. The van der Waals surface area contributed by atoms with E-state index in [0.717, 1.165) is 31.7 Å². The van der Waals surface area contributed by atoms with E-state index in [9.17, 15) is 9.59 Å². The van der Waals surface area contributed by atoms with E-state index in [4.69, 9.17) is 14.5 Å². The number of rotatable bonds is 6. The summed E-state index contributed by atoms with van der Waals surface area (Å²) in [6.45, 7) is 0.963. The maximum absolute atomic E-state index is 13.6. The van der Waals surface area contributed by atoms with Crippen LogP contribution in [-0.4, -0.2) is 42.3 Å². The predicted molar refractivity (Wildman–Crippen MR) is 138 cm³/mol. The fourth-order valence-electron chi connectivity index (χ4n) is 3.85. The van der Waals surface area contributed by atoms with Crippen LogP contribution in [0.25, 0.3) is 31.7 Å². The molecule has 0 bridgehead atoms. The first-order valence-corrected chi connectivity index (χ1v) is 12.5. The molecular weight excluding hydrogens is 482 g/mol. The van der Waals surface area contributed by atoms with Gasteiger partial charge >= 0.3 is 5.97 Å². The Bertz CT molecular complexity index is 1620. The van der Waals surface area contributed by atoms with Gasteiger partial charge in [0.25, 0.3) is 5.91 Å². The summed E-state index contributed by atoms with van der Waals surface area (Å²) in [4.78, 5) is 36.4. The number of amides is 1. The minimum atomic E-state index is -0.414. The van der Waals surface area contributed by atoms with Crippen molar-refractivity contribution in [1.29, 1.82) is 0 Å². The number of pyridine rings is 1. The minimum Gasteiger partial charge on any atom is -0.465 e. The Hall–Kier alpha value is -3.66. The fourth-order valence-corrected chi connectivity index (χ4v) is 5.63. The van der Waals surface area contributed by atoms with E-state index >= 15 is 0 Å². The maximum atomic E-state index is 13.6. The molecule has 3 aromatic heterocycles. The molecule has 0 unspecified atom stereocenters. The number of thiazole rings is 1. The number of esters is 1. The number of hydrogen-bond donors (Lipinski definition) is 0. The highest BCUT2D eigenvalue weighted by Gasteiger charge is 2.16. The van der Waals surface area contributed by atoms with Crippen LogP contribution in [0.15, 0.2) is 71.0 Å². The average Bonchev–Trinajstić information content (AvgIpc) is 3.54. The lowest BCUT2D eigenvalue weighted by atomic mass is 10.1. The second-order valence-corrected chi connectivity index (χ2v) is 9.63. The van der Waals surface area contributed by atoms with Crippen molar-refractivity contribution < 1.29 is 19.1 Å². The summed E-state index contributed by atoms with van der Waals surface area (Å²) in [6.07, 6.45) is 0. The Labute approximate surface area is 208 Å². The molecule has 2 aromatic carbocycles. The molecule has 0 saturated carbocycles. The molecule has 5 aromatic rings. The van der Waals surface area contributed by atoms with Crippen LogP contribution >= 0.6 is 22.7 Å². The van der Waals surface area contributed by atoms with Crippen molar-refractivity contribution in [3.05, 3.63) is 82.0 Å². The van der Waals surface area contributed by atoms with Crippen LogP contribution in [0.3, 0.4) is 0 Å². The zero-order valence-corrected chi connectivity index (χ0v) is 20.7. The van der Waals surface area contributed by atoms with Crippen molar-refractivity contribution in [3.8, 4) is 10.6 Å². The van der Waals surface area contributed by atoms with Gasteiger partial charge in [-0.05, 0) is 41.8 Å². The molecule has 0 aliphatic heterocycles. The summed E-state index contributed by atoms with van der Waals surface area (Å²) >= 11 is 2.92. The number of nitrogens with zero attached hydrogens (tertiary/aromatic N) is 3. The third-order valence-electron chi connectivity index (χ3n) is 5.54. The molecule has 0 fully saturated rings. The van der Waals surface area contributed by atoms with Crippen molar-refractivity contribution in [2.24, 2.45) is 4.99 Å². The number of thiophene rings is 1. The first-order valence-electron chi connectivity index (χ1n) is 10.8. The van der Waals surface area contributed by atoms with Gasteiger partial charge in [-0.25, -0.2) is 9.78 Å². The molecule has 0 atom stereocenters. The highest BCUT2D eigenvalue weighted by Crippen LogP contribution is 2.28. The number of methoxy groups -OCH3 is 2. The predicted octanol–water partition coefficient (Wildman–Crippen LogP) is 5.15. The molecule has 9 heteroatoms. The molecule has 176 valence electrons. The molecule has 1 amide bonds. The van der Waals surface area contributed by atoms with E-state index in [0.29, 0.717) is 29.1 Å². The van der Waals surface area contributed by atoms with Crippen LogP contribution in [0.5, 0.6) is 0 Å². The highest BCUT2D eigenvalue weighted by molar-refractivity contribution is 7.16. The zero-order valence-electron chi connectivity index (χ0n) is 19.1. The highest BCUT2D eigenvalue weighted by atomic mass is 32.1. The molecule has 5 rings (SSSR count). The lowest BCUT2D eigenvalue weighted by molar-refractivity contribution is 0.0600. The topological polar surface area (TPSA) is 82.8 Å². The monoisotopic (exact) mass is 503 g/mol. The Morgan fingerprint density at radius 3 is 2.69 bits per heavy atom. The van der Waals surface area contributed by atoms with E-state index in [2.05, 4.69) is 4.99 Å². The Morgan fingerprint density at radius 1 is 1.06 bits per heavy atom. The van der Waals surface area contributed by atoms with E-state index in [1.54, 1.807) is 30.6 Å². The number of ether oxygens (including phenoxy) is 2. The standard InChI is InChI=1S/C26H21N3O4S2/c1-32-12-11-29-21-10-9-16(25(31)33-2)14-23(21)35-26(29)28-24(30)18-15-20(22-8-5-13-34-22)27-19-7-4-3-6-17(18)19/h3-10,13-15H,11-12H2,1-2H3. The molecule has 0 radical (unpaired) electrons. The number of carbonyl (C=O) groups excluding carboxylic acids is 2. The molecular formula is C26H21N3O4S2. The number of hydrogen-bond acceptors (Lipinski definition) is 7. The van der Waals surface area contributed by atoms with E-state index in [-0.39, 0.29) is 5.91 Å². The Morgan fingerprint density at radius 2 is 1.91 bits per heavy atom. The van der Waals surface area contributed by atoms with Gasteiger partial charge in [0, 0.05) is 19.0 Å². The van der Waals surface area contributed by atoms with E-state index in [1.165, 1.54) is 18.4 Å². The lowest BCUT2D eigenvalue weighted by Crippen LogP contribution is -2.19. The van der Waals surface area contributed by atoms with Gasteiger partial charge in [-0.2, -0.15) is 4.99 Å². The average molecular weight is 504 g/mol. The second kappa shape index (κ2) is 9.91. The third kappa shape index (κ3) is 4.53. The van der Waals surface area contributed by atoms with Crippen molar-refractivity contribution in [2.75, 3.05) is 20.8 Å². The van der Waals surface area contributed by atoms with Gasteiger partial charge in [0.15, 0.2) is 4.80 Å². The molecule has 0 N–H and O–H groups in total. The quantitative estimate of drug-likeness (QED) is 0.299. The SMILES string of the molecule is COCCn1c(=NC(=O)c2cc(-c3cccs3)nc3ccccc23)sc2cc(C(=O)OC)ccc21. The summed E-state index contributed by atoms with van der Waals surface area (Å²) in [5.74, 6) is -0.769. The van der Waals surface area contributed by atoms with Crippen LogP contribution in [-0.2, 0) is 16.0 Å². The van der Waals surface area contributed by atoms with E-state index < -0.39 is 5.97 Å². The number of fused-ring (bicyclic) bond motifs is 2. The molecule has 3 heterocycles. The van der Waals surface area contributed by atoms with Crippen molar-refractivity contribution in [3.63, 3.8) is 0 Å². The summed E-state index contributed by atoms with van der Waals surface area (Å²) in [5, 5.41) is 2.73. The zero-order chi connectivity index (χ0) is 24.4. The van der Waals surface area contributed by atoms with Crippen molar-refractivity contribution >= 4 is 55.7 Å². The van der Waals surface area contributed by atoms with Gasteiger partial charge in [-0.15, -0.1) is 11.3 Å². The summed E-state index contributed by atoms with van der Waals surface area (Å²) < 4.78 is 12.9. The van der Waals surface area contributed by atoms with Crippen LogP contribution in [0.1, 0.15) is 20.7 Å². The summed E-state index contributed by atoms with van der Waals surface area (Å²) in [5.41, 5.74) is 3.28. The summed E-state index contributed by atoms with van der Waals surface area (Å²) in [7, 11) is 2.98. The molecule has 35 heavy (non-hydrogen) atoms. The molecule has 0 spiro atoms. The first kappa shape index (κ1) is 23.1. The molecule has 0 aliphatic carbocycles. The third-order valence-corrected chi connectivity index (χ3v) is 7.47. The fraction of sp³-hybridized carbons (Fsp3) is 0.154. The second-order valence-electron chi connectivity index (χ2n) is 7.67. The number of aromatic nitrogens is 2. The van der Waals surface area contributed by atoms with Crippen LogP contribution in [0.2, 0.25) is 0 Å². The van der Waals surface area contributed by atoms with E-state index in [1.807, 2.05) is 58.5 Å². The first-order chi connectivity index (χ1) is 17.1. The summed E-state index contributed by atoms with van der Waals surface area (Å²) in [6, 6.07) is 18.6. The lowest BCUT2D eigenvalue weighted by Gasteiger charge is -2.07. The van der Waals surface area contributed by atoms with Gasteiger partial charge in [0.1, 0.15) is 0 Å². The largest absolute Gasteiger partial charge is 0.465 e. The number of benzene rings is 2. The normalized spacial score (nSPS) is 11.9. The van der Waals surface area contributed by atoms with Crippen molar-refractivity contribution in [2.45, 2.75) is 6.54 Å². The maximum Gasteiger partial charge on any atom is 0.337 e. The molecule has 0 saturated heterocycles. The van der Waals surface area contributed by atoms with Gasteiger partial charge < -0.3 is 14.0 Å².